The lowest BCUT2D eigenvalue weighted by Gasteiger charge is -2.37. The highest BCUT2D eigenvalue weighted by Crippen LogP contribution is 2.21. The van der Waals surface area contributed by atoms with Crippen molar-refractivity contribution in [2.24, 2.45) is 16.8 Å². The van der Waals surface area contributed by atoms with E-state index in [-0.39, 0.29) is 24.0 Å². The third-order valence-electron chi connectivity index (χ3n) is 5.07. The zero-order valence-electron chi connectivity index (χ0n) is 16.4. The number of piperidine rings is 1. The van der Waals surface area contributed by atoms with E-state index in [2.05, 4.69) is 63.7 Å². The summed E-state index contributed by atoms with van der Waals surface area (Å²) in [4.78, 5) is 11.6. The highest BCUT2D eigenvalue weighted by molar-refractivity contribution is 14.0. The summed E-state index contributed by atoms with van der Waals surface area (Å²) < 4.78 is 2.31. The van der Waals surface area contributed by atoms with Crippen molar-refractivity contribution in [1.29, 1.82) is 0 Å². The Balaban J connectivity index is 0.00000243. The van der Waals surface area contributed by atoms with E-state index in [9.17, 15) is 0 Å². The van der Waals surface area contributed by atoms with Crippen LogP contribution >= 0.6 is 24.0 Å². The third-order valence-corrected chi connectivity index (χ3v) is 5.07. The molecule has 0 saturated carbocycles. The van der Waals surface area contributed by atoms with Crippen molar-refractivity contribution in [3.05, 3.63) is 30.1 Å². The average molecular weight is 469 g/mol. The molecule has 2 unspecified atom stereocenters. The smallest absolute Gasteiger partial charge is 0.193 e. The fourth-order valence-corrected chi connectivity index (χ4v) is 4.08. The predicted molar refractivity (Wildman–Crippen MR) is 120 cm³/mol. The third kappa shape index (κ3) is 4.90. The summed E-state index contributed by atoms with van der Waals surface area (Å²) in [5, 5.41) is 3.55. The molecule has 1 aliphatic rings. The molecular formula is C20H32IN5. The molecule has 26 heavy (non-hydrogen) atoms. The number of imidazole rings is 1. The maximum atomic E-state index is 4.64. The lowest BCUT2D eigenvalue weighted by atomic mass is 9.92. The van der Waals surface area contributed by atoms with Crippen LogP contribution in [0.5, 0.6) is 0 Å². The monoisotopic (exact) mass is 469 g/mol. The van der Waals surface area contributed by atoms with Gasteiger partial charge in [-0.05, 0) is 43.7 Å². The minimum absolute atomic E-state index is 0. The fourth-order valence-electron chi connectivity index (χ4n) is 4.08. The van der Waals surface area contributed by atoms with Crippen LogP contribution in [0.4, 0.5) is 0 Å². The minimum atomic E-state index is 0. The molecule has 2 aromatic rings. The van der Waals surface area contributed by atoms with E-state index < -0.39 is 0 Å². The predicted octanol–water partition coefficient (Wildman–Crippen LogP) is 3.91. The van der Waals surface area contributed by atoms with Crippen LogP contribution in [0.15, 0.2) is 29.3 Å². The molecule has 0 aliphatic carbocycles. The fraction of sp³-hybridized carbons (Fsp3) is 0.600. The van der Waals surface area contributed by atoms with Gasteiger partial charge in [0.1, 0.15) is 5.82 Å². The van der Waals surface area contributed by atoms with E-state index in [0.717, 1.165) is 61.7 Å². The molecule has 6 heteroatoms. The van der Waals surface area contributed by atoms with Crippen molar-refractivity contribution in [3.8, 4) is 0 Å². The Morgan fingerprint density at radius 3 is 2.62 bits per heavy atom. The van der Waals surface area contributed by atoms with E-state index in [4.69, 9.17) is 0 Å². The molecule has 3 rings (SSSR count). The van der Waals surface area contributed by atoms with Gasteiger partial charge in [0.25, 0.3) is 0 Å². The van der Waals surface area contributed by atoms with Crippen molar-refractivity contribution in [3.63, 3.8) is 0 Å². The van der Waals surface area contributed by atoms with E-state index in [1.807, 2.05) is 13.1 Å². The Hall–Kier alpha value is -1.31. The van der Waals surface area contributed by atoms with E-state index in [1.54, 1.807) is 0 Å². The lowest BCUT2D eigenvalue weighted by molar-refractivity contribution is 0.208. The molecule has 1 fully saturated rings. The second-order valence-corrected chi connectivity index (χ2v) is 7.48. The van der Waals surface area contributed by atoms with Gasteiger partial charge in [0, 0.05) is 33.2 Å². The van der Waals surface area contributed by atoms with Crippen LogP contribution in [-0.4, -0.2) is 47.1 Å². The maximum Gasteiger partial charge on any atom is 0.193 e. The summed E-state index contributed by atoms with van der Waals surface area (Å²) in [6.45, 7) is 10.9. The molecule has 1 N–H and O–H groups in total. The molecule has 144 valence electrons. The maximum absolute atomic E-state index is 4.64. The van der Waals surface area contributed by atoms with Gasteiger partial charge in [-0.3, -0.25) is 4.99 Å². The van der Waals surface area contributed by atoms with Crippen molar-refractivity contribution >= 4 is 41.0 Å². The second kappa shape index (κ2) is 9.58. The molecule has 5 nitrogen and oxygen atoms in total. The summed E-state index contributed by atoms with van der Waals surface area (Å²) in [5.74, 6) is 3.61. The zero-order chi connectivity index (χ0) is 17.8. The van der Waals surface area contributed by atoms with Crippen LogP contribution < -0.4 is 5.32 Å². The molecule has 2 atom stereocenters. The van der Waals surface area contributed by atoms with Gasteiger partial charge < -0.3 is 14.8 Å². The SMILES string of the molecule is CN=C(NCCCn1c(C)nc2ccccc21)N1CC(C)CC(C)C1.I. The number of para-hydroxylation sites is 2. The Morgan fingerprint density at radius 1 is 1.23 bits per heavy atom. The first-order valence-corrected chi connectivity index (χ1v) is 9.46. The Kier molecular flexibility index (Phi) is 7.73. The van der Waals surface area contributed by atoms with Gasteiger partial charge >= 0.3 is 0 Å². The number of halogens is 1. The number of nitrogens with one attached hydrogen (secondary N) is 1. The molecular weight excluding hydrogens is 437 g/mol. The number of guanidine groups is 1. The quantitative estimate of drug-likeness (QED) is 0.320. The minimum Gasteiger partial charge on any atom is -0.356 e. The van der Waals surface area contributed by atoms with E-state index in [1.165, 1.54) is 11.9 Å². The molecule has 1 aliphatic heterocycles. The van der Waals surface area contributed by atoms with Crippen LogP contribution in [0.3, 0.4) is 0 Å². The Labute approximate surface area is 174 Å². The standard InChI is InChI=1S/C20H31N5.HI/c1-15-12-16(2)14-24(13-15)20(21-4)22-10-7-11-25-17(3)23-18-8-5-6-9-19(18)25;/h5-6,8-9,15-16H,7,10-14H2,1-4H3,(H,21,22);1H. The molecule has 1 aromatic heterocycles. The first-order valence-electron chi connectivity index (χ1n) is 9.46. The molecule has 0 bridgehead atoms. The summed E-state index contributed by atoms with van der Waals surface area (Å²) in [7, 11) is 1.89. The summed E-state index contributed by atoms with van der Waals surface area (Å²) in [6, 6.07) is 8.36. The first-order chi connectivity index (χ1) is 12.1. The topological polar surface area (TPSA) is 45.5 Å². The molecule has 0 amide bonds. The number of nitrogens with zero attached hydrogens (tertiary/aromatic N) is 4. The average Bonchev–Trinajstić information content (AvgIpc) is 2.89. The molecule has 1 saturated heterocycles. The number of aliphatic imine (C=N–C) groups is 1. The number of hydrogen-bond donors (Lipinski definition) is 1. The van der Waals surface area contributed by atoms with Crippen LogP contribution in [0.2, 0.25) is 0 Å². The molecule has 0 radical (unpaired) electrons. The number of aryl methyl sites for hydroxylation is 2. The van der Waals surface area contributed by atoms with Gasteiger partial charge in [-0.1, -0.05) is 26.0 Å². The second-order valence-electron chi connectivity index (χ2n) is 7.48. The van der Waals surface area contributed by atoms with Gasteiger partial charge in [-0.15, -0.1) is 24.0 Å². The molecule has 1 aromatic carbocycles. The number of benzene rings is 1. The normalized spacial score (nSPS) is 20.9. The van der Waals surface area contributed by atoms with Gasteiger partial charge in [-0.25, -0.2) is 4.98 Å². The van der Waals surface area contributed by atoms with Gasteiger partial charge in [0.2, 0.25) is 0 Å². The zero-order valence-corrected chi connectivity index (χ0v) is 18.7. The Bertz CT molecular complexity index is 729. The van der Waals surface area contributed by atoms with Crippen LogP contribution in [0.1, 0.15) is 32.5 Å². The highest BCUT2D eigenvalue weighted by Gasteiger charge is 2.23. The van der Waals surface area contributed by atoms with E-state index >= 15 is 0 Å². The summed E-state index contributed by atoms with van der Waals surface area (Å²) in [5.41, 5.74) is 2.31. The van der Waals surface area contributed by atoms with Gasteiger partial charge in [-0.2, -0.15) is 0 Å². The van der Waals surface area contributed by atoms with Crippen molar-refractivity contribution in [2.45, 2.75) is 40.2 Å². The number of rotatable bonds is 4. The van der Waals surface area contributed by atoms with E-state index in [0.29, 0.717) is 0 Å². The number of hydrogen-bond acceptors (Lipinski definition) is 2. The number of fused-ring (bicyclic) bond motifs is 1. The van der Waals surface area contributed by atoms with Crippen LogP contribution in [0.25, 0.3) is 11.0 Å². The Morgan fingerprint density at radius 2 is 1.92 bits per heavy atom. The highest BCUT2D eigenvalue weighted by atomic mass is 127. The van der Waals surface area contributed by atoms with Crippen molar-refractivity contribution < 1.29 is 0 Å². The van der Waals surface area contributed by atoms with Crippen molar-refractivity contribution in [1.82, 2.24) is 19.8 Å². The largest absolute Gasteiger partial charge is 0.356 e. The van der Waals surface area contributed by atoms with Crippen LogP contribution in [-0.2, 0) is 6.54 Å². The van der Waals surface area contributed by atoms with Crippen molar-refractivity contribution in [2.75, 3.05) is 26.7 Å². The first kappa shape index (κ1) is 21.0. The number of aromatic nitrogens is 2. The molecule has 0 spiro atoms. The summed E-state index contributed by atoms with van der Waals surface area (Å²) >= 11 is 0. The number of likely N-dealkylation sites (tertiary alicyclic amines) is 1. The lowest BCUT2D eigenvalue weighted by Crippen LogP contribution is -2.48. The van der Waals surface area contributed by atoms with Gasteiger partial charge in [0.15, 0.2) is 5.96 Å². The van der Waals surface area contributed by atoms with Gasteiger partial charge in [0.05, 0.1) is 11.0 Å². The molecule has 2 heterocycles. The van der Waals surface area contributed by atoms with Crippen LogP contribution in [0, 0.1) is 18.8 Å². The summed E-state index contributed by atoms with van der Waals surface area (Å²) in [6.07, 6.45) is 2.37.